The predicted molar refractivity (Wildman–Crippen MR) is 106 cm³/mol. The van der Waals surface area contributed by atoms with Crippen molar-refractivity contribution in [3.8, 4) is 5.75 Å². The van der Waals surface area contributed by atoms with E-state index in [-0.39, 0.29) is 44.6 Å². The SMILES string of the molecule is O=C([C@@H]1COc2ccccc2C1)N1CCN(S(=O)(=O)c2ccccc2C(F)(F)F)CC1. The zero-order valence-corrected chi connectivity index (χ0v) is 17.3. The molecule has 1 saturated heterocycles. The van der Waals surface area contributed by atoms with Crippen LogP contribution in [0.5, 0.6) is 5.75 Å². The van der Waals surface area contributed by atoms with E-state index in [1.54, 1.807) is 4.90 Å². The lowest BCUT2D eigenvalue weighted by Gasteiger charge is -2.37. The molecule has 0 aromatic heterocycles. The average Bonchev–Trinajstić information content (AvgIpc) is 2.78. The minimum Gasteiger partial charge on any atom is -0.492 e. The lowest BCUT2D eigenvalue weighted by molar-refractivity contribution is -0.140. The van der Waals surface area contributed by atoms with Crippen LogP contribution in [0.25, 0.3) is 0 Å². The van der Waals surface area contributed by atoms with Crippen LogP contribution in [0.2, 0.25) is 0 Å². The Morgan fingerprint density at radius 2 is 1.61 bits per heavy atom. The monoisotopic (exact) mass is 454 g/mol. The van der Waals surface area contributed by atoms with Gasteiger partial charge in [-0.2, -0.15) is 17.5 Å². The van der Waals surface area contributed by atoms with Crippen LogP contribution in [-0.4, -0.2) is 56.3 Å². The zero-order valence-electron chi connectivity index (χ0n) is 16.5. The number of ether oxygens (including phenoxy) is 1. The van der Waals surface area contributed by atoms with Crippen molar-refractivity contribution >= 4 is 15.9 Å². The molecule has 10 heteroatoms. The molecule has 1 amide bonds. The highest BCUT2D eigenvalue weighted by Crippen LogP contribution is 2.35. The van der Waals surface area contributed by atoms with Crippen molar-refractivity contribution in [3.05, 3.63) is 59.7 Å². The van der Waals surface area contributed by atoms with E-state index in [1.807, 2.05) is 24.3 Å². The minimum atomic E-state index is -4.78. The van der Waals surface area contributed by atoms with Gasteiger partial charge in [0.1, 0.15) is 12.4 Å². The van der Waals surface area contributed by atoms with E-state index in [1.165, 1.54) is 6.07 Å². The van der Waals surface area contributed by atoms with Gasteiger partial charge in [0, 0.05) is 26.2 Å². The maximum atomic E-state index is 13.3. The molecule has 6 nitrogen and oxygen atoms in total. The van der Waals surface area contributed by atoms with E-state index in [4.69, 9.17) is 4.74 Å². The zero-order chi connectivity index (χ0) is 22.2. The number of carbonyl (C=O) groups is 1. The summed E-state index contributed by atoms with van der Waals surface area (Å²) in [5, 5.41) is 0. The van der Waals surface area contributed by atoms with Crippen molar-refractivity contribution in [1.82, 2.24) is 9.21 Å². The van der Waals surface area contributed by atoms with Crippen LogP contribution in [-0.2, 0) is 27.4 Å². The van der Waals surface area contributed by atoms with Gasteiger partial charge in [-0.25, -0.2) is 8.42 Å². The third-order valence-electron chi connectivity index (χ3n) is 5.59. The van der Waals surface area contributed by atoms with Crippen LogP contribution in [0.1, 0.15) is 11.1 Å². The molecule has 0 N–H and O–H groups in total. The molecule has 2 aliphatic rings. The highest BCUT2D eigenvalue weighted by molar-refractivity contribution is 7.89. The maximum absolute atomic E-state index is 13.3. The fourth-order valence-corrected chi connectivity index (χ4v) is 5.59. The topological polar surface area (TPSA) is 66.9 Å². The van der Waals surface area contributed by atoms with E-state index in [2.05, 4.69) is 0 Å². The number of benzene rings is 2. The van der Waals surface area contributed by atoms with Crippen LogP contribution in [0.3, 0.4) is 0 Å². The quantitative estimate of drug-likeness (QED) is 0.716. The van der Waals surface area contributed by atoms with Crippen molar-refractivity contribution in [2.75, 3.05) is 32.8 Å². The molecular weight excluding hydrogens is 433 g/mol. The molecule has 2 aliphatic heterocycles. The Morgan fingerprint density at radius 3 is 2.32 bits per heavy atom. The van der Waals surface area contributed by atoms with Gasteiger partial charge in [-0.15, -0.1) is 0 Å². The summed E-state index contributed by atoms with van der Waals surface area (Å²) in [5.41, 5.74) is -0.247. The normalized spacial score (nSPS) is 20.1. The summed E-state index contributed by atoms with van der Waals surface area (Å²) in [7, 11) is -4.34. The Kier molecular flexibility index (Phi) is 5.69. The number of hydrogen-bond acceptors (Lipinski definition) is 4. The first-order chi connectivity index (χ1) is 14.7. The molecule has 0 unspecified atom stereocenters. The summed E-state index contributed by atoms with van der Waals surface area (Å²) in [6.45, 7) is 0.344. The molecule has 2 aromatic carbocycles. The Labute approximate surface area is 178 Å². The molecule has 4 rings (SSSR count). The number of sulfonamides is 1. The first-order valence-corrected chi connectivity index (χ1v) is 11.3. The number of amides is 1. The largest absolute Gasteiger partial charge is 0.492 e. The molecule has 1 fully saturated rings. The first-order valence-electron chi connectivity index (χ1n) is 9.84. The number of alkyl halides is 3. The van der Waals surface area contributed by atoms with Crippen LogP contribution in [0, 0.1) is 5.92 Å². The summed E-state index contributed by atoms with van der Waals surface area (Å²) in [6, 6.07) is 11.6. The summed E-state index contributed by atoms with van der Waals surface area (Å²) >= 11 is 0. The van der Waals surface area contributed by atoms with E-state index >= 15 is 0 Å². The molecular formula is C21H21F3N2O4S. The summed E-state index contributed by atoms with van der Waals surface area (Å²) in [5.74, 6) is 0.247. The number of fused-ring (bicyclic) bond motifs is 1. The number of halogens is 3. The van der Waals surface area contributed by atoms with E-state index in [0.717, 1.165) is 33.8 Å². The molecule has 2 heterocycles. The van der Waals surface area contributed by atoms with Crippen molar-refractivity contribution in [2.24, 2.45) is 5.92 Å². The van der Waals surface area contributed by atoms with Crippen molar-refractivity contribution in [1.29, 1.82) is 0 Å². The number of carbonyl (C=O) groups excluding carboxylic acids is 1. The molecule has 31 heavy (non-hydrogen) atoms. The van der Waals surface area contributed by atoms with Gasteiger partial charge in [-0.05, 0) is 30.2 Å². The van der Waals surface area contributed by atoms with Crippen LogP contribution < -0.4 is 4.74 Å². The highest BCUT2D eigenvalue weighted by atomic mass is 32.2. The number of hydrogen-bond donors (Lipinski definition) is 0. The van der Waals surface area contributed by atoms with Crippen molar-refractivity contribution < 1.29 is 31.1 Å². The Morgan fingerprint density at radius 1 is 0.968 bits per heavy atom. The van der Waals surface area contributed by atoms with Gasteiger partial charge >= 0.3 is 6.18 Å². The second-order valence-electron chi connectivity index (χ2n) is 7.54. The molecule has 0 saturated carbocycles. The first kappa shape index (κ1) is 21.6. The fourth-order valence-electron chi connectivity index (χ4n) is 3.96. The Bertz CT molecular complexity index is 1080. The van der Waals surface area contributed by atoms with Gasteiger partial charge in [0.25, 0.3) is 0 Å². The molecule has 2 aromatic rings. The summed E-state index contributed by atoms with van der Waals surface area (Å²) < 4.78 is 72.3. The number of rotatable bonds is 3. The number of para-hydroxylation sites is 1. The molecule has 1 atom stereocenters. The minimum absolute atomic E-state index is 0.0651. The van der Waals surface area contributed by atoms with Crippen LogP contribution in [0.4, 0.5) is 13.2 Å². The fraction of sp³-hybridized carbons (Fsp3) is 0.381. The Balaban J connectivity index is 1.44. The van der Waals surface area contributed by atoms with Gasteiger partial charge in [-0.1, -0.05) is 30.3 Å². The smallest absolute Gasteiger partial charge is 0.417 e. The van der Waals surface area contributed by atoms with Gasteiger partial charge in [0.15, 0.2) is 0 Å². The third-order valence-corrected chi connectivity index (χ3v) is 7.55. The maximum Gasteiger partial charge on any atom is 0.417 e. The van der Waals surface area contributed by atoms with Gasteiger partial charge in [-0.3, -0.25) is 4.79 Å². The van der Waals surface area contributed by atoms with Gasteiger partial charge in [0.2, 0.25) is 15.9 Å². The lowest BCUT2D eigenvalue weighted by Crippen LogP contribution is -2.53. The Hall–Kier alpha value is -2.59. The van der Waals surface area contributed by atoms with E-state index < -0.39 is 26.7 Å². The second-order valence-corrected chi connectivity index (χ2v) is 9.45. The molecule has 0 bridgehead atoms. The summed E-state index contributed by atoms with van der Waals surface area (Å²) in [6.07, 6.45) is -4.24. The molecule has 0 aliphatic carbocycles. The van der Waals surface area contributed by atoms with Crippen LogP contribution >= 0.6 is 0 Å². The van der Waals surface area contributed by atoms with Crippen molar-refractivity contribution in [3.63, 3.8) is 0 Å². The predicted octanol–water partition coefficient (Wildman–Crippen LogP) is 2.79. The average molecular weight is 454 g/mol. The number of piperazine rings is 1. The van der Waals surface area contributed by atoms with E-state index in [0.29, 0.717) is 6.42 Å². The molecule has 166 valence electrons. The third kappa shape index (κ3) is 4.27. The lowest BCUT2D eigenvalue weighted by atomic mass is 9.95. The van der Waals surface area contributed by atoms with Crippen LogP contribution in [0.15, 0.2) is 53.4 Å². The molecule has 0 spiro atoms. The van der Waals surface area contributed by atoms with E-state index in [9.17, 15) is 26.4 Å². The standard InChI is InChI=1S/C21H21F3N2O4S/c22-21(23,24)17-6-2-4-8-19(17)31(28,29)26-11-9-25(10-12-26)20(27)16-13-15-5-1-3-7-18(15)30-14-16/h1-8,16H,9-14H2/t16-/m0/s1. The summed E-state index contributed by atoms with van der Waals surface area (Å²) in [4.78, 5) is 13.7. The molecule has 0 radical (unpaired) electrons. The second kappa shape index (κ2) is 8.16. The highest BCUT2D eigenvalue weighted by Gasteiger charge is 2.40. The van der Waals surface area contributed by atoms with Gasteiger partial charge < -0.3 is 9.64 Å². The number of nitrogens with zero attached hydrogens (tertiary/aromatic N) is 2. The van der Waals surface area contributed by atoms with Gasteiger partial charge in [0.05, 0.1) is 16.4 Å². The van der Waals surface area contributed by atoms with Crippen molar-refractivity contribution in [2.45, 2.75) is 17.5 Å².